The number of rotatable bonds is 5. The van der Waals surface area contributed by atoms with Gasteiger partial charge in [0.05, 0.1) is 12.0 Å². The lowest BCUT2D eigenvalue weighted by Gasteiger charge is -2.20. The number of nitrogens with two attached hydrogens (primary N) is 1. The SMILES string of the molecule is C[C@H](NC(=O)C(CN)c1ccccc1)c1ccccc1Br. The van der Waals surface area contributed by atoms with Crippen LogP contribution in [0.1, 0.15) is 30.0 Å². The minimum Gasteiger partial charge on any atom is -0.349 e. The maximum atomic E-state index is 12.5. The van der Waals surface area contributed by atoms with Crippen molar-refractivity contribution in [3.8, 4) is 0 Å². The Kier molecular flexibility index (Phi) is 5.53. The molecule has 2 rings (SSSR count). The third-order valence-corrected chi connectivity index (χ3v) is 4.21. The highest BCUT2D eigenvalue weighted by atomic mass is 79.9. The Morgan fingerprint density at radius 1 is 1.14 bits per heavy atom. The third-order valence-electron chi connectivity index (χ3n) is 3.48. The molecule has 21 heavy (non-hydrogen) atoms. The van der Waals surface area contributed by atoms with Gasteiger partial charge in [-0.15, -0.1) is 0 Å². The normalized spacial score (nSPS) is 13.5. The fourth-order valence-corrected chi connectivity index (χ4v) is 2.93. The van der Waals surface area contributed by atoms with Crippen molar-refractivity contribution >= 4 is 21.8 Å². The Morgan fingerprint density at radius 3 is 2.38 bits per heavy atom. The zero-order valence-corrected chi connectivity index (χ0v) is 13.5. The molecule has 1 unspecified atom stereocenters. The number of benzene rings is 2. The van der Waals surface area contributed by atoms with E-state index >= 15 is 0 Å². The van der Waals surface area contributed by atoms with Crippen LogP contribution in [0.25, 0.3) is 0 Å². The standard InChI is InChI=1S/C17H19BrN2O/c1-12(14-9-5-6-10-16(14)18)20-17(21)15(11-19)13-7-3-2-4-8-13/h2-10,12,15H,11,19H2,1H3,(H,20,21)/t12-,15?/m0/s1. The molecule has 0 spiro atoms. The second-order valence-corrected chi connectivity index (χ2v) is 5.81. The molecule has 0 heterocycles. The molecule has 0 aliphatic carbocycles. The van der Waals surface area contributed by atoms with Crippen molar-refractivity contribution in [1.82, 2.24) is 5.32 Å². The molecule has 0 aromatic heterocycles. The van der Waals surface area contributed by atoms with Gasteiger partial charge in [0.15, 0.2) is 0 Å². The number of carbonyl (C=O) groups is 1. The average Bonchev–Trinajstić information content (AvgIpc) is 2.49. The van der Waals surface area contributed by atoms with Gasteiger partial charge >= 0.3 is 0 Å². The molecule has 2 aromatic carbocycles. The van der Waals surface area contributed by atoms with Gasteiger partial charge in [-0.25, -0.2) is 0 Å². The van der Waals surface area contributed by atoms with Crippen molar-refractivity contribution in [3.05, 3.63) is 70.2 Å². The minimum absolute atomic E-state index is 0.0491. The summed E-state index contributed by atoms with van der Waals surface area (Å²) in [6, 6.07) is 17.4. The molecule has 0 aliphatic rings. The maximum Gasteiger partial charge on any atom is 0.229 e. The highest BCUT2D eigenvalue weighted by Crippen LogP contribution is 2.24. The van der Waals surface area contributed by atoms with Crippen molar-refractivity contribution in [3.63, 3.8) is 0 Å². The molecule has 0 saturated carbocycles. The van der Waals surface area contributed by atoms with E-state index in [1.807, 2.05) is 61.5 Å². The van der Waals surface area contributed by atoms with Gasteiger partial charge in [-0.2, -0.15) is 0 Å². The van der Waals surface area contributed by atoms with Crippen LogP contribution in [-0.2, 0) is 4.79 Å². The van der Waals surface area contributed by atoms with Crippen molar-refractivity contribution in [2.45, 2.75) is 18.9 Å². The summed E-state index contributed by atoms with van der Waals surface area (Å²) in [7, 11) is 0. The van der Waals surface area contributed by atoms with Crippen LogP contribution in [-0.4, -0.2) is 12.5 Å². The monoisotopic (exact) mass is 346 g/mol. The van der Waals surface area contributed by atoms with Crippen molar-refractivity contribution < 1.29 is 4.79 Å². The maximum absolute atomic E-state index is 12.5. The Morgan fingerprint density at radius 2 is 1.76 bits per heavy atom. The number of carbonyl (C=O) groups excluding carboxylic acids is 1. The number of halogens is 1. The van der Waals surface area contributed by atoms with E-state index in [0.29, 0.717) is 6.54 Å². The van der Waals surface area contributed by atoms with Crippen LogP contribution in [0.2, 0.25) is 0 Å². The zero-order valence-electron chi connectivity index (χ0n) is 11.9. The molecule has 0 radical (unpaired) electrons. The zero-order chi connectivity index (χ0) is 15.2. The topological polar surface area (TPSA) is 55.1 Å². The molecule has 4 heteroatoms. The van der Waals surface area contributed by atoms with E-state index in [0.717, 1.165) is 15.6 Å². The summed E-state index contributed by atoms with van der Waals surface area (Å²) in [4.78, 5) is 12.5. The lowest BCUT2D eigenvalue weighted by Crippen LogP contribution is -2.35. The summed E-state index contributed by atoms with van der Waals surface area (Å²) < 4.78 is 0.988. The van der Waals surface area contributed by atoms with Crippen LogP contribution in [0.4, 0.5) is 0 Å². The molecule has 3 N–H and O–H groups in total. The highest BCUT2D eigenvalue weighted by Gasteiger charge is 2.21. The summed E-state index contributed by atoms with van der Waals surface area (Å²) in [6.07, 6.45) is 0. The van der Waals surface area contributed by atoms with E-state index in [1.54, 1.807) is 0 Å². The van der Waals surface area contributed by atoms with Crippen molar-refractivity contribution in [2.24, 2.45) is 5.73 Å². The first-order valence-electron chi connectivity index (χ1n) is 6.93. The molecule has 0 bridgehead atoms. The van der Waals surface area contributed by atoms with E-state index in [1.165, 1.54) is 0 Å². The molecule has 2 aromatic rings. The fourth-order valence-electron chi connectivity index (χ4n) is 2.30. The molecule has 0 saturated heterocycles. The Bertz CT molecular complexity index is 601. The first-order valence-corrected chi connectivity index (χ1v) is 7.72. The fraction of sp³-hybridized carbons (Fsp3) is 0.235. The van der Waals surface area contributed by atoms with Crippen LogP contribution in [0.3, 0.4) is 0 Å². The second kappa shape index (κ2) is 7.38. The molecule has 3 nitrogen and oxygen atoms in total. The van der Waals surface area contributed by atoms with Gasteiger partial charge in [-0.1, -0.05) is 64.5 Å². The van der Waals surface area contributed by atoms with Crippen LogP contribution < -0.4 is 11.1 Å². The number of hydrogen-bond acceptors (Lipinski definition) is 2. The molecule has 0 fully saturated rings. The molecule has 110 valence electrons. The first kappa shape index (κ1) is 15.7. The van der Waals surface area contributed by atoms with Crippen molar-refractivity contribution in [1.29, 1.82) is 0 Å². The molecular formula is C17H19BrN2O. The first-order chi connectivity index (χ1) is 10.1. The van der Waals surface area contributed by atoms with Crippen LogP contribution in [0.5, 0.6) is 0 Å². The minimum atomic E-state index is -0.323. The highest BCUT2D eigenvalue weighted by molar-refractivity contribution is 9.10. The Balaban J connectivity index is 2.11. The molecule has 0 aliphatic heterocycles. The predicted octanol–water partition coefficient (Wildman–Crippen LogP) is 3.37. The van der Waals surface area contributed by atoms with Gasteiger partial charge in [0, 0.05) is 11.0 Å². The lowest BCUT2D eigenvalue weighted by atomic mass is 9.97. The van der Waals surface area contributed by atoms with Crippen molar-refractivity contribution in [2.75, 3.05) is 6.54 Å². The summed E-state index contributed by atoms with van der Waals surface area (Å²) >= 11 is 3.51. The average molecular weight is 347 g/mol. The third kappa shape index (κ3) is 3.93. The van der Waals surface area contributed by atoms with Crippen LogP contribution in [0.15, 0.2) is 59.1 Å². The Hall–Kier alpha value is -1.65. The van der Waals surface area contributed by atoms with Crippen LogP contribution >= 0.6 is 15.9 Å². The van der Waals surface area contributed by atoms with Gasteiger partial charge in [0.1, 0.15) is 0 Å². The van der Waals surface area contributed by atoms with E-state index in [-0.39, 0.29) is 17.9 Å². The Labute approximate surface area is 133 Å². The largest absolute Gasteiger partial charge is 0.349 e. The van der Waals surface area contributed by atoms with E-state index in [9.17, 15) is 4.79 Å². The van der Waals surface area contributed by atoms with E-state index in [2.05, 4.69) is 21.2 Å². The summed E-state index contributed by atoms with van der Waals surface area (Å²) in [5.74, 6) is -0.372. The predicted molar refractivity (Wildman–Crippen MR) is 88.9 cm³/mol. The van der Waals surface area contributed by atoms with Gasteiger partial charge in [0.25, 0.3) is 0 Å². The van der Waals surface area contributed by atoms with Gasteiger partial charge in [-0.3, -0.25) is 4.79 Å². The number of amides is 1. The van der Waals surface area contributed by atoms with E-state index in [4.69, 9.17) is 5.73 Å². The number of nitrogens with one attached hydrogen (secondary N) is 1. The molecule has 2 atom stereocenters. The van der Waals surface area contributed by atoms with Gasteiger partial charge in [-0.05, 0) is 24.1 Å². The summed E-state index contributed by atoms with van der Waals surface area (Å²) in [5, 5.41) is 3.04. The number of hydrogen-bond donors (Lipinski definition) is 2. The quantitative estimate of drug-likeness (QED) is 0.871. The summed E-state index contributed by atoms with van der Waals surface area (Å²) in [6.45, 7) is 2.26. The van der Waals surface area contributed by atoms with Gasteiger partial charge in [0.2, 0.25) is 5.91 Å². The smallest absolute Gasteiger partial charge is 0.229 e. The van der Waals surface area contributed by atoms with Gasteiger partial charge < -0.3 is 11.1 Å². The molecule has 1 amide bonds. The second-order valence-electron chi connectivity index (χ2n) is 4.95. The molecular weight excluding hydrogens is 328 g/mol. The lowest BCUT2D eigenvalue weighted by molar-refractivity contribution is -0.123. The summed E-state index contributed by atoms with van der Waals surface area (Å²) in [5.41, 5.74) is 7.77. The van der Waals surface area contributed by atoms with E-state index < -0.39 is 0 Å². The van der Waals surface area contributed by atoms with Crippen LogP contribution in [0, 0.1) is 0 Å².